The highest BCUT2D eigenvalue weighted by molar-refractivity contribution is 6.08. The zero-order valence-corrected chi connectivity index (χ0v) is 22.0. The van der Waals surface area contributed by atoms with Crippen LogP contribution in [-0.4, -0.2) is 43.1 Å². The van der Waals surface area contributed by atoms with Gasteiger partial charge in [0.1, 0.15) is 5.82 Å². The van der Waals surface area contributed by atoms with E-state index in [0.717, 1.165) is 29.5 Å². The van der Waals surface area contributed by atoms with Gasteiger partial charge in [0.05, 0.1) is 0 Å². The van der Waals surface area contributed by atoms with E-state index in [2.05, 4.69) is 22.8 Å². The van der Waals surface area contributed by atoms with Gasteiger partial charge in [-0.05, 0) is 85.2 Å². The van der Waals surface area contributed by atoms with Crippen LogP contribution in [0, 0.1) is 25.1 Å². The number of hydrogen-bond acceptors (Lipinski definition) is 4. The second-order valence-electron chi connectivity index (χ2n) is 9.66. The fourth-order valence-corrected chi connectivity index (χ4v) is 4.87. The molecule has 0 radical (unpaired) electrons. The van der Waals surface area contributed by atoms with E-state index in [1.165, 1.54) is 30.0 Å². The Morgan fingerprint density at radius 1 is 0.947 bits per heavy atom. The summed E-state index contributed by atoms with van der Waals surface area (Å²) < 4.78 is 13.4. The van der Waals surface area contributed by atoms with Crippen molar-refractivity contribution >= 4 is 29.3 Å². The molecule has 0 saturated carbocycles. The number of allylic oxidation sites excluding steroid dienone is 1. The van der Waals surface area contributed by atoms with Gasteiger partial charge in [-0.3, -0.25) is 9.59 Å². The zero-order chi connectivity index (χ0) is 27.2. The molecule has 0 aromatic heterocycles. The minimum atomic E-state index is -0.387. The minimum Gasteiger partial charge on any atom is -0.393 e. The summed E-state index contributed by atoms with van der Waals surface area (Å²) in [6, 6.07) is 17.7. The van der Waals surface area contributed by atoms with Gasteiger partial charge < -0.3 is 20.9 Å². The Labute approximate surface area is 223 Å². The Hall–Kier alpha value is -4.26. The highest BCUT2D eigenvalue weighted by atomic mass is 19.1. The lowest BCUT2D eigenvalue weighted by Crippen LogP contribution is -2.38. The summed E-state index contributed by atoms with van der Waals surface area (Å²) >= 11 is 0. The summed E-state index contributed by atoms with van der Waals surface area (Å²) in [6.45, 7) is 4.87. The molecule has 1 fully saturated rings. The monoisotopic (exact) mass is 512 g/mol. The number of benzene rings is 3. The molecule has 1 aliphatic heterocycles. The van der Waals surface area contributed by atoms with Crippen molar-refractivity contribution in [2.24, 2.45) is 0 Å². The molecule has 0 atom stereocenters. The second-order valence-corrected chi connectivity index (χ2v) is 9.66. The summed E-state index contributed by atoms with van der Waals surface area (Å²) in [5.74, 6) is -0.407. The fraction of sp³-hybridized carbons (Fsp3) is 0.258. The molecule has 0 aliphatic carbocycles. The summed E-state index contributed by atoms with van der Waals surface area (Å²) in [4.78, 5) is 28.0. The maximum absolute atomic E-state index is 13.4. The normalized spacial score (nSPS) is 14.2. The van der Waals surface area contributed by atoms with Crippen LogP contribution in [0.25, 0.3) is 5.57 Å². The SMILES string of the molecule is CN/C=C(\C=N)c1ccc(C2CCN(C(=O)c3ccc(C)c(NC(=O)c4ccc(F)cc4C)c3)CC2)cc1. The molecule has 6 nitrogen and oxygen atoms in total. The Morgan fingerprint density at radius 2 is 1.63 bits per heavy atom. The highest BCUT2D eigenvalue weighted by Crippen LogP contribution is 2.30. The second kappa shape index (κ2) is 11.9. The van der Waals surface area contributed by atoms with Gasteiger partial charge >= 0.3 is 0 Å². The van der Waals surface area contributed by atoms with Gasteiger partial charge in [-0.25, -0.2) is 4.39 Å². The van der Waals surface area contributed by atoms with Crippen molar-refractivity contribution in [2.45, 2.75) is 32.6 Å². The van der Waals surface area contributed by atoms with E-state index in [0.29, 0.717) is 41.4 Å². The summed E-state index contributed by atoms with van der Waals surface area (Å²) in [5, 5.41) is 13.4. The number of anilines is 1. The Kier molecular flexibility index (Phi) is 8.36. The molecule has 1 saturated heterocycles. The molecule has 2 amide bonds. The van der Waals surface area contributed by atoms with Gasteiger partial charge in [-0.1, -0.05) is 30.3 Å². The molecule has 7 heteroatoms. The van der Waals surface area contributed by atoms with Crippen LogP contribution in [0.2, 0.25) is 0 Å². The number of likely N-dealkylation sites (tertiary alicyclic amines) is 1. The quantitative estimate of drug-likeness (QED) is 0.343. The van der Waals surface area contributed by atoms with E-state index in [4.69, 9.17) is 5.41 Å². The lowest BCUT2D eigenvalue weighted by Gasteiger charge is -2.32. The molecule has 196 valence electrons. The third-order valence-electron chi connectivity index (χ3n) is 7.12. The Morgan fingerprint density at radius 3 is 2.26 bits per heavy atom. The molecule has 1 aliphatic rings. The topological polar surface area (TPSA) is 85.3 Å². The van der Waals surface area contributed by atoms with E-state index in [-0.39, 0.29) is 17.6 Å². The molecule has 3 N–H and O–H groups in total. The lowest BCUT2D eigenvalue weighted by atomic mass is 9.88. The highest BCUT2D eigenvalue weighted by Gasteiger charge is 2.25. The van der Waals surface area contributed by atoms with E-state index >= 15 is 0 Å². The van der Waals surface area contributed by atoms with Gasteiger partial charge in [-0.15, -0.1) is 0 Å². The van der Waals surface area contributed by atoms with Crippen molar-refractivity contribution in [3.8, 4) is 0 Å². The predicted octanol–water partition coefficient (Wildman–Crippen LogP) is 5.92. The van der Waals surface area contributed by atoms with E-state index in [1.807, 2.05) is 37.1 Å². The van der Waals surface area contributed by atoms with Crippen molar-refractivity contribution < 1.29 is 14.0 Å². The maximum atomic E-state index is 13.4. The number of aryl methyl sites for hydroxylation is 2. The number of piperidine rings is 1. The number of hydrogen-bond donors (Lipinski definition) is 3. The molecule has 38 heavy (non-hydrogen) atoms. The average molecular weight is 513 g/mol. The maximum Gasteiger partial charge on any atom is 0.255 e. The van der Waals surface area contributed by atoms with Crippen LogP contribution >= 0.6 is 0 Å². The van der Waals surface area contributed by atoms with Gasteiger partial charge in [-0.2, -0.15) is 0 Å². The third-order valence-corrected chi connectivity index (χ3v) is 7.12. The van der Waals surface area contributed by atoms with Crippen LogP contribution in [0.3, 0.4) is 0 Å². The molecular weight excluding hydrogens is 479 g/mol. The fourth-order valence-electron chi connectivity index (χ4n) is 4.87. The standard InChI is InChI=1S/C31H33FN4O2/c1-20-4-5-25(17-29(20)35-30(37)28-11-10-27(32)16-21(28)2)31(38)36-14-12-24(13-15-36)22-6-8-23(9-7-22)26(18-33)19-34-3/h4-11,16-19,24,33-34H,12-15H2,1-3H3,(H,35,37)/b26-19+,33-18?. The van der Waals surface area contributed by atoms with Crippen LogP contribution in [0.15, 0.2) is 66.9 Å². The van der Waals surface area contributed by atoms with Crippen molar-refractivity contribution in [1.29, 1.82) is 5.41 Å². The largest absolute Gasteiger partial charge is 0.393 e. The molecule has 0 spiro atoms. The first-order valence-electron chi connectivity index (χ1n) is 12.8. The Bertz CT molecular complexity index is 1370. The minimum absolute atomic E-state index is 0.0555. The molecule has 3 aromatic carbocycles. The predicted molar refractivity (Wildman–Crippen MR) is 150 cm³/mol. The van der Waals surface area contributed by atoms with Gasteiger partial charge in [0, 0.05) is 54.9 Å². The first kappa shape index (κ1) is 26.8. The van der Waals surface area contributed by atoms with Crippen molar-refractivity contribution in [3.63, 3.8) is 0 Å². The number of halogens is 1. The first-order chi connectivity index (χ1) is 18.3. The number of rotatable bonds is 7. The van der Waals surface area contributed by atoms with E-state index in [1.54, 1.807) is 25.3 Å². The van der Waals surface area contributed by atoms with Crippen molar-refractivity contribution in [2.75, 3.05) is 25.5 Å². The van der Waals surface area contributed by atoms with Crippen LogP contribution in [0.4, 0.5) is 10.1 Å². The number of nitrogens with one attached hydrogen (secondary N) is 3. The summed E-state index contributed by atoms with van der Waals surface area (Å²) in [5.41, 5.74) is 5.93. The van der Waals surface area contributed by atoms with E-state index in [9.17, 15) is 14.0 Å². The first-order valence-corrected chi connectivity index (χ1v) is 12.8. The van der Waals surface area contributed by atoms with Crippen LogP contribution in [0.1, 0.15) is 61.7 Å². The van der Waals surface area contributed by atoms with Gasteiger partial charge in [0.15, 0.2) is 0 Å². The van der Waals surface area contributed by atoms with Gasteiger partial charge in [0.25, 0.3) is 11.8 Å². The molecule has 4 rings (SSSR count). The van der Waals surface area contributed by atoms with Crippen LogP contribution in [0.5, 0.6) is 0 Å². The van der Waals surface area contributed by atoms with Crippen LogP contribution < -0.4 is 10.6 Å². The van der Waals surface area contributed by atoms with Gasteiger partial charge in [0.2, 0.25) is 0 Å². The molecule has 1 heterocycles. The molecule has 0 unspecified atom stereocenters. The number of carbonyl (C=O) groups is 2. The average Bonchev–Trinajstić information content (AvgIpc) is 2.92. The smallest absolute Gasteiger partial charge is 0.255 e. The molecule has 0 bridgehead atoms. The summed E-state index contributed by atoms with van der Waals surface area (Å²) in [6.07, 6.45) is 4.88. The third kappa shape index (κ3) is 5.99. The number of amides is 2. The molecular formula is C31H33FN4O2. The Balaban J connectivity index is 1.40. The zero-order valence-electron chi connectivity index (χ0n) is 22.0. The van der Waals surface area contributed by atoms with Crippen molar-refractivity contribution in [3.05, 3.63) is 106 Å². The number of carbonyl (C=O) groups excluding carboxylic acids is 2. The number of nitrogens with zero attached hydrogens (tertiary/aromatic N) is 1. The van der Waals surface area contributed by atoms with Crippen molar-refractivity contribution in [1.82, 2.24) is 10.2 Å². The molecule has 3 aromatic rings. The summed E-state index contributed by atoms with van der Waals surface area (Å²) in [7, 11) is 1.81. The van der Waals surface area contributed by atoms with Crippen LogP contribution in [-0.2, 0) is 0 Å². The lowest BCUT2D eigenvalue weighted by molar-refractivity contribution is 0.0712. The van der Waals surface area contributed by atoms with E-state index < -0.39 is 0 Å².